The van der Waals surface area contributed by atoms with E-state index in [2.05, 4.69) is 26.0 Å². The lowest BCUT2D eigenvalue weighted by molar-refractivity contribution is 0.540. The van der Waals surface area contributed by atoms with Crippen LogP contribution in [0.1, 0.15) is 40.0 Å². The van der Waals surface area contributed by atoms with Crippen LogP contribution in [0.2, 0.25) is 0 Å². The monoisotopic (exact) mass is 376 g/mol. The molecule has 0 heterocycles. The van der Waals surface area contributed by atoms with Crippen LogP contribution in [-0.4, -0.2) is 26.3 Å². The number of halogens is 1. The van der Waals surface area contributed by atoms with Gasteiger partial charge in [0.05, 0.1) is 4.75 Å². The van der Waals surface area contributed by atoms with Gasteiger partial charge in [0, 0.05) is 23.2 Å². The van der Waals surface area contributed by atoms with Crippen molar-refractivity contribution in [3.8, 4) is 0 Å². The first-order valence-electron chi connectivity index (χ1n) is 7.21. The normalized spacial score (nSPS) is 12.4. The molecular weight excluding hydrogens is 352 g/mol. The Hall–Kier alpha value is -0.590. The van der Waals surface area contributed by atoms with Gasteiger partial charge in [0.2, 0.25) is 10.0 Å². The van der Waals surface area contributed by atoms with Gasteiger partial charge in [0.1, 0.15) is 0 Å². The number of benzene rings is 1. The molecule has 1 rings (SSSR count). The van der Waals surface area contributed by atoms with Gasteiger partial charge < -0.3 is 5.32 Å². The molecule has 1 aromatic rings. The Morgan fingerprint density at radius 3 is 2.14 bits per heavy atom. The fraction of sp³-hybridized carbons (Fsp3) is 0.600. The predicted octanol–water partition coefficient (Wildman–Crippen LogP) is 3.75. The molecule has 0 aliphatic rings. The van der Waals surface area contributed by atoms with Crippen molar-refractivity contribution in [3.05, 3.63) is 28.7 Å². The van der Waals surface area contributed by atoms with E-state index in [1.54, 1.807) is 20.8 Å². The second-order valence-corrected chi connectivity index (χ2v) is 9.44. The second kappa shape index (κ2) is 8.15. The molecule has 0 saturated heterocycles. The van der Waals surface area contributed by atoms with Crippen molar-refractivity contribution >= 4 is 31.6 Å². The molecule has 0 aliphatic carbocycles. The van der Waals surface area contributed by atoms with Gasteiger partial charge in [-0.05, 0) is 57.9 Å². The largest absolute Gasteiger partial charge is 0.385 e. The van der Waals surface area contributed by atoms with E-state index in [-0.39, 0.29) is 0 Å². The van der Waals surface area contributed by atoms with Crippen LogP contribution < -0.4 is 10.0 Å². The summed E-state index contributed by atoms with van der Waals surface area (Å²) in [6.07, 6.45) is 2.88. The van der Waals surface area contributed by atoms with E-state index in [1.165, 1.54) is 0 Å². The maximum atomic E-state index is 11.8. The van der Waals surface area contributed by atoms with Gasteiger partial charge in [-0.15, -0.1) is 0 Å². The molecule has 6 heteroatoms. The van der Waals surface area contributed by atoms with Crippen LogP contribution in [0.25, 0.3) is 0 Å². The van der Waals surface area contributed by atoms with Gasteiger partial charge in [0.15, 0.2) is 0 Å². The molecule has 0 amide bonds. The Balaban J connectivity index is 2.12. The van der Waals surface area contributed by atoms with Crippen molar-refractivity contribution in [2.24, 2.45) is 0 Å². The van der Waals surface area contributed by atoms with Gasteiger partial charge in [-0.3, -0.25) is 0 Å². The molecule has 0 aliphatic heterocycles. The van der Waals surface area contributed by atoms with E-state index in [9.17, 15) is 8.42 Å². The van der Waals surface area contributed by atoms with Crippen molar-refractivity contribution in [3.63, 3.8) is 0 Å². The standard InChI is InChI=1S/C15H25BrN2O2S/c1-15(2,3)21(19,20)18-12-6-4-5-11-17-14-9-7-13(16)8-10-14/h7-10,17-18H,4-6,11-12H2,1-3H3. The average Bonchev–Trinajstić information content (AvgIpc) is 2.38. The lowest BCUT2D eigenvalue weighted by atomic mass is 10.2. The molecule has 2 N–H and O–H groups in total. The molecule has 0 bridgehead atoms. The number of anilines is 1. The molecule has 4 nitrogen and oxygen atoms in total. The minimum atomic E-state index is -3.21. The molecule has 0 fully saturated rings. The van der Waals surface area contributed by atoms with Crippen LogP contribution in [0.15, 0.2) is 28.7 Å². The van der Waals surface area contributed by atoms with Crippen molar-refractivity contribution in [2.75, 3.05) is 18.4 Å². The highest BCUT2D eigenvalue weighted by Crippen LogP contribution is 2.14. The fourth-order valence-corrected chi connectivity index (χ4v) is 2.76. The smallest absolute Gasteiger partial charge is 0.216 e. The molecule has 0 unspecified atom stereocenters. The number of rotatable bonds is 8. The lowest BCUT2D eigenvalue weighted by Crippen LogP contribution is -2.39. The van der Waals surface area contributed by atoms with E-state index >= 15 is 0 Å². The number of unbranched alkanes of at least 4 members (excludes halogenated alkanes) is 2. The van der Waals surface area contributed by atoms with Gasteiger partial charge in [0.25, 0.3) is 0 Å². The Bertz CT molecular complexity index is 522. The number of hydrogen-bond acceptors (Lipinski definition) is 3. The molecule has 21 heavy (non-hydrogen) atoms. The van der Waals surface area contributed by atoms with Crippen LogP contribution in [-0.2, 0) is 10.0 Å². The first kappa shape index (κ1) is 18.5. The van der Waals surface area contributed by atoms with Crippen molar-refractivity contribution in [2.45, 2.75) is 44.8 Å². The summed E-state index contributed by atoms with van der Waals surface area (Å²) in [6, 6.07) is 8.07. The topological polar surface area (TPSA) is 58.2 Å². The van der Waals surface area contributed by atoms with Crippen LogP contribution in [0.5, 0.6) is 0 Å². The highest BCUT2D eigenvalue weighted by Gasteiger charge is 2.27. The summed E-state index contributed by atoms with van der Waals surface area (Å²) < 4.78 is 26.6. The van der Waals surface area contributed by atoms with Crippen LogP contribution in [0, 0.1) is 0 Å². The molecular formula is C15H25BrN2O2S. The van der Waals surface area contributed by atoms with Gasteiger partial charge in [-0.1, -0.05) is 22.4 Å². The van der Waals surface area contributed by atoms with E-state index in [0.717, 1.165) is 36.0 Å². The summed E-state index contributed by atoms with van der Waals surface area (Å²) in [7, 11) is -3.21. The quantitative estimate of drug-likeness (QED) is 0.679. The second-order valence-electron chi connectivity index (χ2n) is 6.00. The summed E-state index contributed by atoms with van der Waals surface area (Å²) >= 11 is 3.40. The zero-order chi connectivity index (χ0) is 15.9. The molecule has 0 saturated carbocycles. The number of hydrogen-bond donors (Lipinski definition) is 2. The van der Waals surface area contributed by atoms with E-state index in [0.29, 0.717) is 6.54 Å². The van der Waals surface area contributed by atoms with Crippen molar-refractivity contribution in [1.29, 1.82) is 0 Å². The molecule has 120 valence electrons. The summed E-state index contributed by atoms with van der Waals surface area (Å²) in [5.74, 6) is 0. The molecule has 0 spiro atoms. The van der Waals surface area contributed by atoms with Gasteiger partial charge in [-0.25, -0.2) is 13.1 Å². The fourth-order valence-electron chi connectivity index (χ4n) is 1.65. The minimum Gasteiger partial charge on any atom is -0.385 e. The van der Waals surface area contributed by atoms with Crippen molar-refractivity contribution < 1.29 is 8.42 Å². The minimum absolute atomic E-state index is 0.512. The highest BCUT2D eigenvalue weighted by molar-refractivity contribution is 9.10. The predicted molar refractivity (Wildman–Crippen MR) is 93.2 cm³/mol. The Kier molecular flexibility index (Phi) is 7.16. The summed E-state index contributed by atoms with van der Waals surface area (Å²) in [6.45, 7) is 6.53. The first-order valence-corrected chi connectivity index (χ1v) is 9.49. The van der Waals surface area contributed by atoms with Gasteiger partial charge >= 0.3 is 0 Å². The average molecular weight is 377 g/mol. The van der Waals surface area contributed by atoms with E-state index in [4.69, 9.17) is 0 Å². The first-order chi connectivity index (χ1) is 9.72. The summed E-state index contributed by atoms with van der Waals surface area (Å²) in [4.78, 5) is 0. The number of nitrogens with one attached hydrogen (secondary N) is 2. The molecule has 0 atom stereocenters. The molecule has 1 aromatic carbocycles. The Morgan fingerprint density at radius 1 is 1.00 bits per heavy atom. The lowest BCUT2D eigenvalue weighted by Gasteiger charge is -2.19. The van der Waals surface area contributed by atoms with Gasteiger partial charge in [-0.2, -0.15) is 0 Å². The summed E-state index contributed by atoms with van der Waals surface area (Å²) in [5.41, 5.74) is 1.10. The number of sulfonamides is 1. The maximum absolute atomic E-state index is 11.8. The van der Waals surface area contributed by atoms with E-state index < -0.39 is 14.8 Å². The zero-order valence-electron chi connectivity index (χ0n) is 12.9. The Morgan fingerprint density at radius 2 is 1.57 bits per heavy atom. The molecule has 0 aromatic heterocycles. The third kappa shape index (κ3) is 6.80. The third-order valence-corrected chi connectivity index (χ3v) is 5.85. The molecule has 0 radical (unpaired) electrons. The Labute approximate surface area is 136 Å². The zero-order valence-corrected chi connectivity index (χ0v) is 15.4. The highest BCUT2D eigenvalue weighted by atomic mass is 79.9. The summed E-state index contributed by atoms with van der Waals surface area (Å²) in [5, 5.41) is 3.34. The SMILES string of the molecule is CC(C)(C)S(=O)(=O)NCCCCCNc1ccc(Br)cc1. The van der Waals surface area contributed by atoms with Crippen LogP contribution >= 0.6 is 15.9 Å². The third-order valence-electron chi connectivity index (χ3n) is 3.13. The van der Waals surface area contributed by atoms with Crippen LogP contribution in [0.3, 0.4) is 0 Å². The van der Waals surface area contributed by atoms with E-state index in [1.807, 2.05) is 24.3 Å². The maximum Gasteiger partial charge on any atom is 0.216 e. The van der Waals surface area contributed by atoms with Crippen molar-refractivity contribution in [1.82, 2.24) is 4.72 Å². The van der Waals surface area contributed by atoms with Crippen LogP contribution in [0.4, 0.5) is 5.69 Å².